The van der Waals surface area contributed by atoms with Gasteiger partial charge in [-0.3, -0.25) is 4.79 Å². The Bertz CT molecular complexity index is 718. The second kappa shape index (κ2) is 7.26. The molecule has 1 aliphatic heterocycles. The summed E-state index contributed by atoms with van der Waals surface area (Å²) in [5.41, 5.74) is 2.75. The molecule has 2 aromatic rings. The lowest BCUT2D eigenvalue weighted by Gasteiger charge is -2.35. The second-order valence-electron chi connectivity index (χ2n) is 6.07. The predicted molar refractivity (Wildman–Crippen MR) is 97.5 cm³/mol. The summed E-state index contributed by atoms with van der Waals surface area (Å²) in [6, 6.07) is 14.9. The van der Waals surface area contributed by atoms with Crippen molar-refractivity contribution < 1.29 is 9.18 Å². The van der Waals surface area contributed by atoms with Crippen LogP contribution < -0.4 is 4.90 Å². The van der Waals surface area contributed by atoms with Crippen LogP contribution in [-0.2, 0) is 11.3 Å². The van der Waals surface area contributed by atoms with E-state index < -0.39 is 0 Å². The lowest BCUT2D eigenvalue weighted by atomic mass is 10.1. The highest BCUT2D eigenvalue weighted by Gasteiger charge is 2.30. The minimum Gasteiger partial charge on any atom is -0.378 e. The van der Waals surface area contributed by atoms with Crippen molar-refractivity contribution in [3.05, 3.63) is 65.5 Å². The van der Waals surface area contributed by atoms with Gasteiger partial charge in [0.25, 0.3) is 0 Å². The zero-order valence-electron chi connectivity index (χ0n) is 13.9. The number of carbonyl (C=O) groups excluding carboxylic acids is 1. The van der Waals surface area contributed by atoms with Gasteiger partial charge in [0.15, 0.2) is 0 Å². The van der Waals surface area contributed by atoms with E-state index in [4.69, 9.17) is 0 Å². The van der Waals surface area contributed by atoms with E-state index in [9.17, 15) is 9.18 Å². The van der Waals surface area contributed by atoms with Gasteiger partial charge in [-0.05, 0) is 23.8 Å². The Morgan fingerprint density at radius 1 is 1.17 bits per heavy atom. The van der Waals surface area contributed by atoms with Gasteiger partial charge in [0, 0.05) is 44.1 Å². The minimum atomic E-state index is -0.262. The Kier molecular flexibility index (Phi) is 5.09. The van der Waals surface area contributed by atoms with Crippen LogP contribution >= 0.6 is 11.8 Å². The van der Waals surface area contributed by atoms with E-state index >= 15 is 0 Å². The molecule has 1 heterocycles. The van der Waals surface area contributed by atoms with Crippen LogP contribution in [0.15, 0.2) is 48.5 Å². The maximum absolute atomic E-state index is 14.0. The summed E-state index contributed by atoms with van der Waals surface area (Å²) in [7, 11) is 4.00. The fraction of sp³-hybridized carbons (Fsp3) is 0.316. The van der Waals surface area contributed by atoms with E-state index in [0.29, 0.717) is 18.5 Å². The van der Waals surface area contributed by atoms with Crippen molar-refractivity contribution in [1.82, 2.24) is 4.90 Å². The lowest BCUT2D eigenvalue weighted by molar-refractivity contribution is -0.132. The first-order valence-corrected chi connectivity index (χ1v) is 9.03. The number of hydrogen-bond acceptors (Lipinski definition) is 3. The zero-order chi connectivity index (χ0) is 17.1. The first kappa shape index (κ1) is 16.8. The Hall–Kier alpha value is -2.01. The lowest BCUT2D eigenvalue weighted by Crippen LogP contribution is -2.37. The maximum atomic E-state index is 14.0. The molecule has 0 radical (unpaired) electrons. The monoisotopic (exact) mass is 344 g/mol. The fourth-order valence-corrected chi connectivity index (χ4v) is 4.05. The van der Waals surface area contributed by atoms with E-state index in [1.165, 1.54) is 6.07 Å². The highest BCUT2D eigenvalue weighted by molar-refractivity contribution is 7.99. The number of halogens is 1. The van der Waals surface area contributed by atoms with Gasteiger partial charge in [-0.15, -0.1) is 11.8 Å². The average Bonchev–Trinajstić information content (AvgIpc) is 2.58. The van der Waals surface area contributed by atoms with Gasteiger partial charge in [0.1, 0.15) is 11.2 Å². The summed E-state index contributed by atoms with van der Waals surface area (Å²) >= 11 is 1.74. The first-order chi connectivity index (χ1) is 11.6. The molecule has 2 aromatic carbocycles. The second-order valence-corrected chi connectivity index (χ2v) is 7.26. The third kappa shape index (κ3) is 3.56. The number of rotatable bonds is 4. The van der Waals surface area contributed by atoms with E-state index in [0.717, 1.165) is 17.0 Å². The quantitative estimate of drug-likeness (QED) is 0.836. The van der Waals surface area contributed by atoms with Crippen molar-refractivity contribution >= 4 is 23.4 Å². The smallest absolute Gasteiger partial charge is 0.224 e. The van der Waals surface area contributed by atoms with Crippen molar-refractivity contribution in [1.29, 1.82) is 0 Å². The molecule has 3 rings (SSSR count). The third-order valence-electron chi connectivity index (χ3n) is 4.19. The van der Waals surface area contributed by atoms with E-state index in [-0.39, 0.29) is 17.1 Å². The van der Waals surface area contributed by atoms with E-state index in [2.05, 4.69) is 24.3 Å². The highest BCUT2D eigenvalue weighted by atomic mass is 32.2. The standard InChI is InChI=1S/C19H21FN2OS/c1-21(2)16-9-7-14(8-10-16)19-22(18(23)11-12-24-19)13-15-5-3-4-6-17(15)20/h3-10,19H,11-13H2,1-2H3. The first-order valence-electron chi connectivity index (χ1n) is 7.98. The van der Waals surface area contributed by atoms with Crippen molar-refractivity contribution in [3.8, 4) is 0 Å². The minimum absolute atomic E-state index is 0.0675. The molecule has 1 aliphatic rings. The van der Waals surface area contributed by atoms with Crippen LogP contribution in [0.3, 0.4) is 0 Å². The molecule has 1 amide bonds. The molecule has 24 heavy (non-hydrogen) atoms. The topological polar surface area (TPSA) is 23.6 Å². The van der Waals surface area contributed by atoms with Crippen LogP contribution in [0.25, 0.3) is 0 Å². The molecule has 0 bridgehead atoms. The Balaban J connectivity index is 1.86. The van der Waals surface area contributed by atoms with Gasteiger partial charge in [-0.2, -0.15) is 0 Å². The van der Waals surface area contributed by atoms with Crippen LogP contribution in [0.5, 0.6) is 0 Å². The zero-order valence-corrected chi connectivity index (χ0v) is 14.7. The van der Waals surface area contributed by atoms with E-state index in [1.54, 1.807) is 34.9 Å². The molecular weight excluding hydrogens is 323 g/mol. The van der Waals surface area contributed by atoms with Gasteiger partial charge >= 0.3 is 0 Å². The van der Waals surface area contributed by atoms with Crippen molar-refractivity contribution in [2.75, 3.05) is 24.7 Å². The summed E-state index contributed by atoms with van der Waals surface area (Å²) in [5.74, 6) is 0.619. The number of hydrogen-bond donors (Lipinski definition) is 0. The highest BCUT2D eigenvalue weighted by Crippen LogP contribution is 2.38. The van der Waals surface area contributed by atoms with Crippen LogP contribution in [0.2, 0.25) is 0 Å². The molecule has 5 heteroatoms. The van der Waals surface area contributed by atoms with Crippen LogP contribution in [-0.4, -0.2) is 30.7 Å². The molecule has 1 fully saturated rings. The van der Waals surface area contributed by atoms with Gasteiger partial charge in [-0.25, -0.2) is 4.39 Å². The van der Waals surface area contributed by atoms with Gasteiger partial charge in [0.2, 0.25) is 5.91 Å². The third-order valence-corrected chi connectivity index (χ3v) is 5.47. The van der Waals surface area contributed by atoms with Crippen LogP contribution in [0.4, 0.5) is 10.1 Å². The number of nitrogens with zero attached hydrogens (tertiary/aromatic N) is 2. The molecule has 0 aromatic heterocycles. The van der Waals surface area contributed by atoms with Gasteiger partial charge in [-0.1, -0.05) is 30.3 Å². The van der Waals surface area contributed by atoms with E-state index in [1.807, 2.05) is 19.0 Å². The number of benzene rings is 2. The molecule has 0 aliphatic carbocycles. The number of thioether (sulfide) groups is 1. The van der Waals surface area contributed by atoms with Gasteiger partial charge < -0.3 is 9.80 Å². The fourth-order valence-electron chi connectivity index (χ4n) is 2.82. The molecule has 0 saturated carbocycles. The molecule has 1 atom stereocenters. The average molecular weight is 344 g/mol. The summed E-state index contributed by atoms with van der Waals surface area (Å²) in [5, 5.41) is -0.0675. The molecule has 1 unspecified atom stereocenters. The molecule has 126 valence electrons. The summed E-state index contributed by atoms with van der Waals surface area (Å²) < 4.78 is 14.0. The molecule has 1 saturated heterocycles. The Labute approximate surface area is 146 Å². The number of anilines is 1. The normalized spacial score (nSPS) is 17.9. The van der Waals surface area contributed by atoms with Crippen molar-refractivity contribution in [2.45, 2.75) is 18.3 Å². The molecular formula is C19H21FN2OS. The Morgan fingerprint density at radius 2 is 1.88 bits per heavy atom. The van der Waals surface area contributed by atoms with Crippen molar-refractivity contribution in [2.24, 2.45) is 0 Å². The Morgan fingerprint density at radius 3 is 2.54 bits per heavy atom. The summed E-state index contributed by atoms with van der Waals surface area (Å²) in [4.78, 5) is 16.3. The molecule has 3 nitrogen and oxygen atoms in total. The SMILES string of the molecule is CN(C)c1ccc(C2SCCC(=O)N2Cc2ccccc2F)cc1. The van der Waals surface area contributed by atoms with Crippen LogP contribution in [0.1, 0.15) is 22.9 Å². The maximum Gasteiger partial charge on any atom is 0.224 e. The predicted octanol–water partition coefficient (Wildman–Crippen LogP) is 4.06. The molecule has 0 spiro atoms. The summed E-state index contributed by atoms with van der Waals surface area (Å²) in [6.07, 6.45) is 0.505. The molecule has 0 N–H and O–H groups in total. The number of carbonyl (C=O) groups is 1. The number of amides is 1. The van der Waals surface area contributed by atoms with Crippen LogP contribution in [0, 0.1) is 5.82 Å². The van der Waals surface area contributed by atoms with Gasteiger partial charge in [0.05, 0.1) is 0 Å². The largest absolute Gasteiger partial charge is 0.378 e. The van der Waals surface area contributed by atoms with Crippen molar-refractivity contribution in [3.63, 3.8) is 0 Å². The summed E-state index contributed by atoms with van der Waals surface area (Å²) in [6.45, 7) is 0.304.